The van der Waals surface area contributed by atoms with Crippen molar-refractivity contribution in [3.8, 4) is 23.0 Å². The van der Waals surface area contributed by atoms with E-state index < -0.39 is 23.8 Å². The van der Waals surface area contributed by atoms with Gasteiger partial charge < -0.3 is 29.0 Å². The molecule has 3 rings (SSSR count). The predicted molar refractivity (Wildman–Crippen MR) is 147 cm³/mol. The third kappa shape index (κ3) is 7.73. The lowest BCUT2D eigenvalue weighted by Gasteiger charge is -2.20. The molecule has 0 aliphatic carbocycles. The molecule has 12 heteroatoms. The highest BCUT2D eigenvalue weighted by Crippen LogP contribution is 2.34. The van der Waals surface area contributed by atoms with E-state index in [2.05, 4.69) is 38.4 Å². The van der Waals surface area contributed by atoms with Crippen molar-refractivity contribution >= 4 is 46.6 Å². The molecule has 0 bridgehead atoms. The van der Waals surface area contributed by atoms with Crippen LogP contribution in [-0.2, 0) is 14.3 Å². The van der Waals surface area contributed by atoms with E-state index in [-0.39, 0.29) is 25.9 Å². The highest BCUT2D eigenvalue weighted by molar-refractivity contribution is 14.1. The Labute approximate surface area is 234 Å². The smallest absolute Gasteiger partial charge is 0.344 e. The molecular formula is C26H30IN3O8. The summed E-state index contributed by atoms with van der Waals surface area (Å²) < 4.78 is 27.4. The van der Waals surface area contributed by atoms with Gasteiger partial charge in [0, 0.05) is 5.56 Å². The average Bonchev–Trinajstić information content (AvgIpc) is 3.35. The van der Waals surface area contributed by atoms with Gasteiger partial charge in [0.05, 0.1) is 23.0 Å². The highest BCUT2D eigenvalue weighted by Gasteiger charge is 2.25. The molecule has 204 valence electrons. The summed E-state index contributed by atoms with van der Waals surface area (Å²) in [5.41, 5.74) is 3.46. The second kappa shape index (κ2) is 13.8. The number of fused-ring (bicyclic) bond motifs is 1. The second-order valence-corrected chi connectivity index (χ2v) is 9.52. The van der Waals surface area contributed by atoms with Crippen LogP contribution in [0.15, 0.2) is 35.4 Å². The average molecular weight is 639 g/mol. The van der Waals surface area contributed by atoms with Crippen molar-refractivity contribution in [1.82, 2.24) is 10.7 Å². The van der Waals surface area contributed by atoms with E-state index in [0.717, 1.165) is 0 Å². The van der Waals surface area contributed by atoms with E-state index in [1.807, 2.05) is 20.8 Å². The fourth-order valence-corrected chi connectivity index (χ4v) is 4.22. The van der Waals surface area contributed by atoms with E-state index >= 15 is 0 Å². The Balaban J connectivity index is 1.66. The van der Waals surface area contributed by atoms with Gasteiger partial charge in [0.25, 0.3) is 11.8 Å². The summed E-state index contributed by atoms with van der Waals surface area (Å²) in [5, 5.41) is 6.81. The first-order valence-corrected chi connectivity index (χ1v) is 13.1. The fourth-order valence-electron chi connectivity index (χ4n) is 3.44. The van der Waals surface area contributed by atoms with Crippen molar-refractivity contribution in [3.63, 3.8) is 0 Å². The van der Waals surface area contributed by atoms with Crippen LogP contribution in [0, 0.1) is 9.49 Å². The SMILES string of the molecule is CCOC(=O)COc1c(I)cc(/C=N/NC(=O)C(NC(=O)c2ccc3c(c2)OCO3)C(C)C)cc1OCC. The highest BCUT2D eigenvalue weighted by atomic mass is 127. The third-order valence-electron chi connectivity index (χ3n) is 5.23. The zero-order valence-corrected chi connectivity index (χ0v) is 23.7. The molecule has 2 aromatic carbocycles. The van der Waals surface area contributed by atoms with E-state index in [0.29, 0.717) is 44.3 Å². The van der Waals surface area contributed by atoms with Crippen molar-refractivity contribution in [3.05, 3.63) is 45.0 Å². The van der Waals surface area contributed by atoms with Gasteiger partial charge in [0.1, 0.15) is 6.04 Å². The van der Waals surface area contributed by atoms with E-state index in [9.17, 15) is 14.4 Å². The lowest BCUT2D eigenvalue weighted by molar-refractivity contribution is -0.145. The topological polar surface area (TPSA) is 134 Å². The van der Waals surface area contributed by atoms with Crippen LogP contribution in [-0.4, -0.2) is 56.7 Å². The molecule has 0 spiro atoms. The van der Waals surface area contributed by atoms with Crippen LogP contribution in [0.4, 0.5) is 0 Å². The minimum atomic E-state index is -0.831. The molecule has 1 atom stereocenters. The number of nitrogens with zero attached hydrogens (tertiary/aromatic N) is 1. The Hall–Kier alpha value is -3.55. The normalized spacial score (nSPS) is 12.8. The number of benzene rings is 2. The number of hydrogen-bond donors (Lipinski definition) is 2. The molecule has 1 aliphatic heterocycles. The largest absolute Gasteiger partial charge is 0.490 e. The summed E-state index contributed by atoms with van der Waals surface area (Å²) >= 11 is 2.06. The van der Waals surface area contributed by atoms with Gasteiger partial charge in [-0.15, -0.1) is 0 Å². The summed E-state index contributed by atoms with van der Waals surface area (Å²) in [4.78, 5) is 37.3. The molecule has 0 fully saturated rings. The number of carbonyl (C=O) groups is 3. The number of rotatable bonds is 12. The first-order chi connectivity index (χ1) is 18.2. The molecule has 11 nitrogen and oxygen atoms in total. The zero-order valence-electron chi connectivity index (χ0n) is 21.5. The van der Waals surface area contributed by atoms with E-state index in [1.165, 1.54) is 6.21 Å². The van der Waals surface area contributed by atoms with Crippen molar-refractivity contribution in [2.24, 2.45) is 11.0 Å². The Morgan fingerprint density at radius 1 is 1.08 bits per heavy atom. The van der Waals surface area contributed by atoms with Crippen molar-refractivity contribution in [2.75, 3.05) is 26.6 Å². The van der Waals surface area contributed by atoms with Gasteiger partial charge in [-0.3, -0.25) is 9.59 Å². The van der Waals surface area contributed by atoms with Gasteiger partial charge >= 0.3 is 5.97 Å². The van der Waals surface area contributed by atoms with Crippen LogP contribution in [0.1, 0.15) is 43.6 Å². The zero-order chi connectivity index (χ0) is 27.7. The van der Waals surface area contributed by atoms with Gasteiger partial charge in [0.2, 0.25) is 6.79 Å². The summed E-state index contributed by atoms with van der Waals surface area (Å²) in [6.45, 7) is 7.68. The van der Waals surface area contributed by atoms with Gasteiger partial charge in [-0.25, -0.2) is 10.2 Å². The Morgan fingerprint density at radius 2 is 1.84 bits per heavy atom. The number of esters is 1. The number of carbonyl (C=O) groups excluding carboxylic acids is 3. The maximum absolute atomic E-state index is 12.8. The van der Waals surface area contributed by atoms with E-state index in [1.54, 1.807) is 37.3 Å². The molecule has 2 aromatic rings. The minimum Gasteiger partial charge on any atom is -0.490 e. The maximum atomic E-state index is 12.8. The molecule has 1 aliphatic rings. The van der Waals surface area contributed by atoms with Gasteiger partial charge in [0.15, 0.2) is 29.6 Å². The third-order valence-corrected chi connectivity index (χ3v) is 6.03. The van der Waals surface area contributed by atoms with Gasteiger partial charge in [-0.1, -0.05) is 13.8 Å². The summed E-state index contributed by atoms with van der Waals surface area (Å²) in [5.74, 6) is 0.296. The molecule has 1 heterocycles. The number of ether oxygens (including phenoxy) is 5. The molecular weight excluding hydrogens is 609 g/mol. The minimum absolute atomic E-state index is 0.101. The summed E-state index contributed by atoms with van der Waals surface area (Å²) in [6, 6.07) is 7.44. The van der Waals surface area contributed by atoms with Crippen LogP contribution in [0.25, 0.3) is 0 Å². The first-order valence-electron chi connectivity index (χ1n) is 12.0. The summed E-state index contributed by atoms with van der Waals surface area (Å²) in [6.07, 6.45) is 1.45. The Morgan fingerprint density at radius 3 is 2.55 bits per heavy atom. The Bertz CT molecular complexity index is 1200. The number of nitrogens with one attached hydrogen (secondary N) is 2. The molecule has 1 unspecified atom stereocenters. The second-order valence-electron chi connectivity index (χ2n) is 8.35. The Kier molecular flexibility index (Phi) is 10.6. The quantitative estimate of drug-likeness (QED) is 0.157. The van der Waals surface area contributed by atoms with Crippen LogP contribution in [0.3, 0.4) is 0 Å². The van der Waals surface area contributed by atoms with Crippen LogP contribution in [0.2, 0.25) is 0 Å². The molecule has 0 saturated heterocycles. The first kappa shape index (κ1) is 29.0. The fraction of sp³-hybridized carbons (Fsp3) is 0.385. The number of amides is 2. The number of hydrogen-bond acceptors (Lipinski definition) is 9. The maximum Gasteiger partial charge on any atom is 0.344 e. The van der Waals surface area contributed by atoms with E-state index in [4.69, 9.17) is 23.7 Å². The lowest BCUT2D eigenvalue weighted by Crippen LogP contribution is -2.48. The predicted octanol–water partition coefficient (Wildman–Crippen LogP) is 3.27. The van der Waals surface area contributed by atoms with Gasteiger partial charge in [-0.2, -0.15) is 5.10 Å². The molecule has 2 amide bonds. The molecule has 0 radical (unpaired) electrons. The lowest BCUT2D eigenvalue weighted by atomic mass is 10.0. The number of halogens is 1. The van der Waals surface area contributed by atoms with Crippen molar-refractivity contribution in [2.45, 2.75) is 33.7 Å². The molecule has 2 N–H and O–H groups in total. The van der Waals surface area contributed by atoms with Crippen molar-refractivity contribution < 1.29 is 38.1 Å². The molecule has 38 heavy (non-hydrogen) atoms. The van der Waals surface area contributed by atoms with Crippen LogP contribution < -0.4 is 29.7 Å². The van der Waals surface area contributed by atoms with Crippen LogP contribution >= 0.6 is 22.6 Å². The molecule has 0 saturated carbocycles. The van der Waals surface area contributed by atoms with Gasteiger partial charge in [-0.05, 0) is 78.3 Å². The standard InChI is InChI=1S/C26H30IN3O8/c1-5-34-21-10-16(9-18(27)24(21)36-13-22(31)35-6-2)12-28-30-26(33)23(15(3)4)29-25(32)17-7-8-19-20(11-17)38-14-37-19/h7-12,15,23H,5-6,13-14H2,1-4H3,(H,29,32)(H,30,33)/b28-12+. The number of hydrazone groups is 1. The van der Waals surface area contributed by atoms with Crippen molar-refractivity contribution in [1.29, 1.82) is 0 Å². The van der Waals surface area contributed by atoms with Crippen LogP contribution in [0.5, 0.6) is 23.0 Å². The summed E-state index contributed by atoms with van der Waals surface area (Å²) in [7, 11) is 0. The monoisotopic (exact) mass is 639 g/mol. The molecule has 0 aromatic heterocycles.